The van der Waals surface area contributed by atoms with Crippen LogP contribution in [0, 0.1) is 5.92 Å². The summed E-state index contributed by atoms with van der Waals surface area (Å²) in [4.78, 5) is 14.3. The SMILES string of the molecule is CNCC1CCN(C(=O)CCc2cnn(-c3ccccc3)c2)C1.Cl. The molecule has 1 aliphatic heterocycles. The van der Waals surface area contributed by atoms with E-state index in [4.69, 9.17) is 0 Å². The Morgan fingerprint density at radius 3 is 2.88 bits per heavy atom. The number of halogens is 1. The molecule has 1 aromatic heterocycles. The van der Waals surface area contributed by atoms with Gasteiger partial charge in [-0.2, -0.15) is 5.10 Å². The van der Waals surface area contributed by atoms with Crippen molar-refractivity contribution >= 4 is 18.3 Å². The molecule has 1 fully saturated rings. The van der Waals surface area contributed by atoms with Crippen LogP contribution in [0.5, 0.6) is 0 Å². The zero-order valence-electron chi connectivity index (χ0n) is 14.0. The fraction of sp³-hybridized carbons (Fsp3) is 0.444. The monoisotopic (exact) mass is 348 g/mol. The van der Waals surface area contributed by atoms with Crippen LogP contribution in [0.25, 0.3) is 5.69 Å². The van der Waals surface area contributed by atoms with Crippen LogP contribution in [-0.4, -0.2) is 47.3 Å². The van der Waals surface area contributed by atoms with Crippen molar-refractivity contribution in [2.75, 3.05) is 26.7 Å². The quantitative estimate of drug-likeness (QED) is 0.871. The predicted octanol–water partition coefficient (Wildman–Crippen LogP) is 2.29. The summed E-state index contributed by atoms with van der Waals surface area (Å²) < 4.78 is 1.86. The Kier molecular flexibility index (Phi) is 6.82. The molecule has 1 unspecified atom stereocenters. The number of rotatable bonds is 6. The van der Waals surface area contributed by atoms with Gasteiger partial charge in [-0.05, 0) is 50.0 Å². The van der Waals surface area contributed by atoms with Gasteiger partial charge in [0.25, 0.3) is 0 Å². The fourth-order valence-corrected chi connectivity index (χ4v) is 3.13. The molecule has 1 aliphatic rings. The maximum absolute atomic E-state index is 12.3. The van der Waals surface area contributed by atoms with E-state index in [-0.39, 0.29) is 18.3 Å². The van der Waals surface area contributed by atoms with Crippen molar-refractivity contribution in [2.24, 2.45) is 5.92 Å². The second-order valence-electron chi connectivity index (χ2n) is 6.18. The van der Waals surface area contributed by atoms with E-state index in [0.29, 0.717) is 12.3 Å². The van der Waals surface area contributed by atoms with Crippen molar-refractivity contribution < 1.29 is 4.79 Å². The summed E-state index contributed by atoms with van der Waals surface area (Å²) >= 11 is 0. The Balaban J connectivity index is 0.00000208. The minimum Gasteiger partial charge on any atom is -0.342 e. The predicted molar refractivity (Wildman–Crippen MR) is 97.7 cm³/mol. The highest BCUT2D eigenvalue weighted by molar-refractivity contribution is 5.85. The van der Waals surface area contributed by atoms with Crippen LogP contribution in [-0.2, 0) is 11.2 Å². The zero-order chi connectivity index (χ0) is 16.1. The standard InChI is InChI=1S/C18H24N4O.ClH/c1-19-11-16-9-10-21(13-16)18(23)8-7-15-12-20-22(14-15)17-5-3-2-4-6-17;/h2-6,12,14,16,19H,7-11,13H2,1H3;1H. The van der Waals surface area contributed by atoms with Gasteiger partial charge in [0.2, 0.25) is 5.91 Å². The number of aryl methyl sites for hydroxylation is 1. The Labute approximate surface area is 149 Å². The first-order chi connectivity index (χ1) is 11.3. The molecule has 2 heterocycles. The first-order valence-electron chi connectivity index (χ1n) is 8.27. The van der Waals surface area contributed by atoms with E-state index >= 15 is 0 Å². The molecule has 1 atom stereocenters. The molecular weight excluding hydrogens is 324 g/mol. The molecule has 130 valence electrons. The number of amides is 1. The first-order valence-corrected chi connectivity index (χ1v) is 8.27. The van der Waals surface area contributed by atoms with E-state index in [1.807, 2.05) is 59.4 Å². The number of hydrogen-bond acceptors (Lipinski definition) is 3. The normalized spacial score (nSPS) is 16.9. The number of aromatic nitrogens is 2. The number of carbonyl (C=O) groups is 1. The largest absolute Gasteiger partial charge is 0.342 e. The molecule has 6 heteroatoms. The molecule has 0 spiro atoms. The van der Waals surface area contributed by atoms with E-state index in [1.165, 1.54) is 0 Å². The first kappa shape index (κ1) is 18.5. The lowest BCUT2D eigenvalue weighted by Crippen LogP contribution is -2.30. The molecule has 0 bridgehead atoms. The van der Waals surface area contributed by atoms with Gasteiger partial charge in [0.1, 0.15) is 0 Å². The third-order valence-corrected chi connectivity index (χ3v) is 4.42. The smallest absolute Gasteiger partial charge is 0.222 e. The minimum atomic E-state index is 0. The summed E-state index contributed by atoms with van der Waals surface area (Å²) in [5.41, 5.74) is 2.15. The second-order valence-corrected chi connectivity index (χ2v) is 6.18. The van der Waals surface area contributed by atoms with Gasteiger partial charge in [-0.1, -0.05) is 18.2 Å². The fourth-order valence-electron chi connectivity index (χ4n) is 3.13. The van der Waals surface area contributed by atoms with Gasteiger partial charge in [0, 0.05) is 25.7 Å². The summed E-state index contributed by atoms with van der Waals surface area (Å²) in [5, 5.41) is 7.58. The van der Waals surface area contributed by atoms with Crippen LogP contribution in [0.3, 0.4) is 0 Å². The van der Waals surface area contributed by atoms with Gasteiger partial charge < -0.3 is 10.2 Å². The third-order valence-electron chi connectivity index (χ3n) is 4.42. The molecule has 2 aromatic rings. The lowest BCUT2D eigenvalue weighted by Gasteiger charge is -2.16. The number of likely N-dealkylation sites (tertiary alicyclic amines) is 1. The average molecular weight is 349 g/mol. The van der Waals surface area contributed by atoms with Crippen LogP contribution in [0.1, 0.15) is 18.4 Å². The molecule has 1 N–H and O–H groups in total. The highest BCUT2D eigenvalue weighted by Crippen LogP contribution is 2.17. The minimum absolute atomic E-state index is 0. The summed E-state index contributed by atoms with van der Waals surface area (Å²) in [6, 6.07) is 10.0. The van der Waals surface area contributed by atoms with Crippen LogP contribution < -0.4 is 5.32 Å². The Bertz CT molecular complexity index is 643. The highest BCUT2D eigenvalue weighted by atomic mass is 35.5. The van der Waals surface area contributed by atoms with Gasteiger partial charge in [-0.3, -0.25) is 4.79 Å². The molecular formula is C18H25ClN4O. The molecule has 3 rings (SSSR count). The number of para-hydroxylation sites is 1. The van der Waals surface area contributed by atoms with Crippen molar-refractivity contribution in [3.8, 4) is 5.69 Å². The molecule has 0 saturated carbocycles. The topological polar surface area (TPSA) is 50.2 Å². The van der Waals surface area contributed by atoms with E-state index in [2.05, 4.69) is 10.4 Å². The molecule has 1 aromatic carbocycles. The molecule has 1 amide bonds. The third kappa shape index (κ3) is 4.58. The van der Waals surface area contributed by atoms with E-state index in [0.717, 1.165) is 43.7 Å². The second kappa shape index (κ2) is 8.85. The summed E-state index contributed by atoms with van der Waals surface area (Å²) in [5.74, 6) is 0.862. The number of nitrogens with zero attached hydrogens (tertiary/aromatic N) is 3. The van der Waals surface area contributed by atoms with Crippen molar-refractivity contribution in [3.05, 3.63) is 48.3 Å². The maximum Gasteiger partial charge on any atom is 0.222 e. The average Bonchev–Trinajstić information content (AvgIpc) is 3.23. The number of hydrogen-bond donors (Lipinski definition) is 1. The van der Waals surface area contributed by atoms with Gasteiger partial charge in [0.15, 0.2) is 0 Å². The number of nitrogens with one attached hydrogen (secondary N) is 1. The lowest BCUT2D eigenvalue weighted by atomic mass is 10.1. The van der Waals surface area contributed by atoms with Crippen molar-refractivity contribution in [2.45, 2.75) is 19.3 Å². The van der Waals surface area contributed by atoms with Crippen molar-refractivity contribution in [3.63, 3.8) is 0 Å². The van der Waals surface area contributed by atoms with Gasteiger partial charge >= 0.3 is 0 Å². The molecule has 0 aliphatic carbocycles. The summed E-state index contributed by atoms with van der Waals surface area (Å²) in [6.45, 7) is 2.78. The van der Waals surface area contributed by atoms with Crippen LogP contribution in [0.15, 0.2) is 42.7 Å². The van der Waals surface area contributed by atoms with E-state index in [9.17, 15) is 4.79 Å². The zero-order valence-corrected chi connectivity index (χ0v) is 14.8. The maximum atomic E-state index is 12.3. The molecule has 0 radical (unpaired) electrons. The molecule has 5 nitrogen and oxygen atoms in total. The van der Waals surface area contributed by atoms with Gasteiger partial charge in [0.05, 0.1) is 11.9 Å². The van der Waals surface area contributed by atoms with Gasteiger partial charge in [-0.15, -0.1) is 12.4 Å². The number of benzene rings is 1. The highest BCUT2D eigenvalue weighted by Gasteiger charge is 2.25. The summed E-state index contributed by atoms with van der Waals surface area (Å²) in [6.07, 6.45) is 6.29. The van der Waals surface area contributed by atoms with E-state index < -0.39 is 0 Å². The van der Waals surface area contributed by atoms with Gasteiger partial charge in [-0.25, -0.2) is 4.68 Å². The number of carbonyl (C=O) groups excluding carboxylic acids is 1. The Morgan fingerprint density at radius 1 is 1.33 bits per heavy atom. The van der Waals surface area contributed by atoms with Crippen LogP contribution >= 0.6 is 12.4 Å². The lowest BCUT2D eigenvalue weighted by molar-refractivity contribution is -0.130. The van der Waals surface area contributed by atoms with Crippen LogP contribution in [0.4, 0.5) is 0 Å². The molecule has 1 saturated heterocycles. The molecule has 24 heavy (non-hydrogen) atoms. The Morgan fingerprint density at radius 2 is 2.12 bits per heavy atom. The van der Waals surface area contributed by atoms with Crippen LogP contribution in [0.2, 0.25) is 0 Å². The summed E-state index contributed by atoms with van der Waals surface area (Å²) in [7, 11) is 1.97. The van der Waals surface area contributed by atoms with Crippen molar-refractivity contribution in [1.29, 1.82) is 0 Å². The Hall–Kier alpha value is -1.85. The van der Waals surface area contributed by atoms with E-state index in [1.54, 1.807) is 0 Å². The van der Waals surface area contributed by atoms with Crippen molar-refractivity contribution in [1.82, 2.24) is 20.0 Å².